The molecule has 0 radical (unpaired) electrons. The Labute approximate surface area is 107 Å². The molecule has 18 heavy (non-hydrogen) atoms. The third-order valence-corrected chi connectivity index (χ3v) is 3.64. The Balaban J connectivity index is 1.91. The van der Waals surface area contributed by atoms with E-state index in [1.807, 2.05) is 12.1 Å². The van der Waals surface area contributed by atoms with Gasteiger partial charge in [0, 0.05) is 31.6 Å². The van der Waals surface area contributed by atoms with E-state index < -0.39 is 0 Å². The molecule has 0 N–H and O–H groups in total. The van der Waals surface area contributed by atoms with Crippen molar-refractivity contribution in [3.8, 4) is 0 Å². The first-order chi connectivity index (χ1) is 8.88. The summed E-state index contributed by atoms with van der Waals surface area (Å²) in [6.07, 6.45) is 1.67. The van der Waals surface area contributed by atoms with Crippen LogP contribution in [0.3, 0.4) is 0 Å². The maximum absolute atomic E-state index is 4.48. The van der Waals surface area contributed by atoms with E-state index in [1.165, 1.54) is 0 Å². The molecule has 1 aromatic heterocycles. The number of para-hydroxylation sites is 1. The molecular formula is C14H18N4. The molecule has 1 saturated heterocycles. The van der Waals surface area contributed by atoms with Gasteiger partial charge >= 0.3 is 0 Å². The van der Waals surface area contributed by atoms with Crippen LogP contribution in [0.4, 0.5) is 5.82 Å². The Morgan fingerprint density at radius 3 is 2.61 bits per heavy atom. The fraction of sp³-hybridized carbons (Fsp3) is 0.429. The van der Waals surface area contributed by atoms with Crippen LogP contribution in [0.2, 0.25) is 0 Å². The second kappa shape index (κ2) is 4.90. The van der Waals surface area contributed by atoms with Crippen LogP contribution < -0.4 is 4.90 Å². The zero-order chi connectivity index (χ0) is 12.4. The summed E-state index contributed by atoms with van der Waals surface area (Å²) >= 11 is 0. The second-order valence-electron chi connectivity index (χ2n) is 4.64. The summed E-state index contributed by atoms with van der Waals surface area (Å²) in [5, 5.41) is 1.16. The minimum atomic E-state index is 1.03. The molecule has 1 aliphatic rings. The molecule has 2 heterocycles. The number of nitrogens with zero attached hydrogens (tertiary/aromatic N) is 4. The number of piperazine rings is 1. The van der Waals surface area contributed by atoms with Crippen LogP contribution in [0.5, 0.6) is 0 Å². The Morgan fingerprint density at radius 2 is 1.83 bits per heavy atom. The van der Waals surface area contributed by atoms with Gasteiger partial charge in [-0.1, -0.05) is 19.1 Å². The average Bonchev–Trinajstić information content (AvgIpc) is 2.47. The summed E-state index contributed by atoms with van der Waals surface area (Å²) in [6, 6.07) is 8.23. The number of rotatable bonds is 2. The van der Waals surface area contributed by atoms with Crippen LogP contribution in [-0.2, 0) is 0 Å². The van der Waals surface area contributed by atoms with Crippen LogP contribution in [0.1, 0.15) is 6.92 Å². The van der Waals surface area contributed by atoms with Crippen molar-refractivity contribution in [1.82, 2.24) is 14.9 Å². The quantitative estimate of drug-likeness (QED) is 0.803. The van der Waals surface area contributed by atoms with Crippen LogP contribution >= 0.6 is 0 Å². The molecular weight excluding hydrogens is 224 g/mol. The molecule has 0 atom stereocenters. The molecule has 4 nitrogen and oxygen atoms in total. The highest BCUT2D eigenvalue weighted by Crippen LogP contribution is 2.23. The zero-order valence-electron chi connectivity index (χ0n) is 10.7. The SMILES string of the molecule is CCN1CCN(c2ncnc3ccccc23)CC1. The van der Waals surface area contributed by atoms with Crippen LogP contribution in [0.25, 0.3) is 10.9 Å². The van der Waals surface area contributed by atoms with Crippen molar-refractivity contribution in [2.24, 2.45) is 0 Å². The third-order valence-electron chi connectivity index (χ3n) is 3.64. The third kappa shape index (κ3) is 2.04. The lowest BCUT2D eigenvalue weighted by molar-refractivity contribution is 0.271. The molecule has 2 aromatic rings. The summed E-state index contributed by atoms with van der Waals surface area (Å²) in [7, 11) is 0. The smallest absolute Gasteiger partial charge is 0.139 e. The molecule has 0 saturated carbocycles. The van der Waals surface area contributed by atoms with Gasteiger partial charge in [0.1, 0.15) is 12.1 Å². The maximum Gasteiger partial charge on any atom is 0.139 e. The first-order valence-corrected chi connectivity index (χ1v) is 6.55. The molecule has 1 aliphatic heterocycles. The summed E-state index contributed by atoms with van der Waals surface area (Å²) in [6.45, 7) is 7.70. The van der Waals surface area contributed by atoms with E-state index in [0.717, 1.165) is 49.4 Å². The first-order valence-electron chi connectivity index (χ1n) is 6.55. The molecule has 0 bridgehead atoms. The first kappa shape index (κ1) is 11.4. The van der Waals surface area contributed by atoms with Crippen LogP contribution in [0.15, 0.2) is 30.6 Å². The van der Waals surface area contributed by atoms with Gasteiger partial charge in [0.15, 0.2) is 0 Å². The number of fused-ring (bicyclic) bond motifs is 1. The largest absolute Gasteiger partial charge is 0.353 e. The van der Waals surface area contributed by atoms with Crippen LogP contribution in [-0.4, -0.2) is 47.6 Å². The lowest BCUT2D eigenvalue weighted by atomic mass is 10.2. The number of hydrogen-bond donors (Lipinski definition) is 0. The molecule has 0 unspecified atom stereocenters. The average molecular weight is 242 g/mol. The van der Waals surface area contributed by atoms with Crippen molar-refractivity contribution in [3.05, 3.63) is 30.6 Å². The van der Waals surface area contributed by atoms with Gasteiger partial charge in [0.05, 0.1) is 5.52 Å². The number of hydrogen-bond acceptors (Lipinski definition) is 4. The fourth-order valence-corrected chi connectivity index (χ4v) is 2.52. The summed E-state index contributed by atoms with van der Waals surface area (Å²) in [5.74, 6) is 1.08. The van der Waals surface area contributed by atoms with E-state index in [1.54, 1.807) is 6.33 Å². The standard InChI is InChI=1S/C14H18N4/c1-2-17-7-9-18(10-8-17)14-12-5-3-4-6-13(12)15-11-16-14/h3-6,11H,2,7-10H2,1H3. The Bertz CT molecular complexity index is 527. The molecule has 0 spiro atoms. The van der Waals surface area contributed by atoms with Crippen molar-refractivity contribution in [2.45, 2.75) is 6.92 Å². The van der Waals surface area contributed by atoms with Gasteiger partial charge in [-0.3, -0.25) is 0 Å². The van der Waals surface area contributed by atoms with Crippen molar-refractivity contribution < 1.29 is 0 Å². The molecule has 3 rings (SSSR count). The highest BCUT2D eigenvalue weighted by Gasteiger charge is 2.18. The number of anilines is 1. The van der Waals surface area contributed by atoms with E-state index in [2.05, 4.69) is 38.8 Å². The van der Waals surface area contributed by atoms with E-state index in [-0.39, 0.29) is 0 Å². The van der Waals surface area contributed by atoms with Crippen molar-refractivity contribution >= 4 is 16.7 Å². The number of aromatic nitrogens is 2. The predicted octanol–water partition coefficient (Wildman–Crippen LogP) is 1.77. The Kier molecular flexibility index (Phi) is 3.11. The van der Waals surface area contributed by atoms with Gasteiger partial charge in [-0.05, 0) is 18.7 Å². The molecule has 0 amide bonds. The zero-order valence-corrected chi connectivity index (χ0v) is 10.7. The van der Waals surface area contributed by atoms with E-state index >= 15 is 0 Å². The summed E-state index contributed by atoms with van der Waals surface area (Å²) in [5.41, 5.74) is 1.03. The molecule has 4 heteroatoms. The van der Waals surface area contributed by atoms with Gasteiger partial charge in [0.25, 0.3) is 0 Å². The molecule has 0 aliphatic carbocycles. The molecule has 94 valence electrons. The topological polar surface area (TPSA) is 32.3 Å². The van der Waals surface area contributed by atoms with Crippen molar-refractivity contribution in [2.75, 3.05) is 37.6 Å². The van der Waals surface area contributed by atoms with Crippen molar-refractivity contribution in [3.63, 3.8) is 0 Å². The maximum atomic E-state index is 4.48. The Hall–Kier alpha value is -1.68. The monoisotopic (exact) mass is 242 g/mol. The van der Waals surface area contributed by atoms with Gasteiger partial charge in [-0.25, -0.2) is 9.97 Å². The summed E-state index contributed by atoms with van der Waals surface area (Å²) < 4.78 is 0. The van der Waals surface area contributed by atoms with E-state index in [9.17, 15) is 0 Å². The predicted molar refractivity (Wildman–Crippen MR) is 73.9 cm³/mol. The molecule has 1 fully saturated rings. The second-order valence-corrected chi connectivity index (χ2v) is 4.64. The fourth-order valence-electron chi connectivity index (χ4n) is 2.52. The highest BCUT2D eigenvalue weighted by atomic mass is 15.3. The van der Waals surface area contributed by atoms with Gasteiger partial charge in [-0.2, -0.15) is 0 Å². The van der Waals surface area contributed by atoms with Gasteiger partial charge < -0.3 is 9.80 Å². The van der Waals surface area contributed by atoms with E-state index in [4.69, 9.17) is 0 Å². The minimum absolute atomic E-state index is 1.03. The number of benzene rings is 1. The van der Waals surface area contributed by atoms with E-state index in [0.29, 0.717) is 0 Å². The number of likely N-dealkylation sites (N-methyl/N-ethyl adjacent to an activating group) is 1. The highest BCUT2D eigenvalue weighted by molar-refractivity contribution is 5.89. The van der Waals surface area contributed by atoms with Crippen molar-refractivity contribution in [1.29, 1.82) is 0 Å². The van der Waals surface area contributed by atoms with Crippen LogP contribution in [0, 0.1) is 0 Å². The van der Waals surface area contributed by atoms with Gasteiger partial charge in [-0.15, -0.1) is 0 Å². The van der Waals surface area contributed by atoms with Gasteiger partial charge in [0.2, 0.25) is 0 Å². The lowest BCUT2D eigenvalue weighted by Gasteiger charge is -2.35. The Morgan fingerprint density at radius 1 is 1.06 bits per heavy atom. The molecule has 1 aromatic carbocycles. The lowest BCUT2D eigenvalue weighted by Crippen LogP contribution is -2.46. The normalized spacial score (nSPS) is 17.3. The minimum Gasteiger partial charge on any atom is -0.353 e. The summed E-state index contributed by atoms with van der Waals surface area (Å²) in [4.78, 5) is 13.6.